The van der Waals surface area contributed by atoms with Crippen molar-refractivity contribution >= 4 is 11.8 Å². The van der Waals surface area contributed by atoms with Crippen molar-refractivity contribution in [2.45, 2.75) is 6.42 Å². The highest BCUT2D eigenvalue weighted by molar-refractivity contribution is 5.69. The van der Waals surface area contributed by atoms with Crippen molar-refractivity contribution < 1.29 is 14.4 Å². The molecule has 1 heterocycles. The van der Waals surface area contributed by atoms with Gasteiger partial charge in [-0.3, -0.25) is 4.79 Å². The van der Waals surface area contributed by atoms with Gasteiger partial charge >= 0.3 is 5.97 Å². The fourth-order valence-corrected chi connectivity index (χ4v) is 0.745. The molecular weight excluding hydrogens is 160 g/mol. The first-order chi connectivity index (χ1) is 5.59. The van der Waals surface area contributed by atoms with E-state index in [1.807, 2.05) is 14.1 Å². The van der Waals surface area contributed by atoms with Gasteiger partial charge in [-0.05, 0) is 0 Å². The van der Waals surface area contributed by atoms with Crippen LogP contribution in [0.25, 0.3) is 0 Å². The third-order valence-electron chi connectivity index (χ3n) is 1.33. The highest BCUT2D eigenvalue weighted by atomic mass is 16.5. The monoisotopic (exact) mass is 170 g/mol. The topological polar surface area (TPSA) is 66.6 Å². The molecule has 0 aliphatic carbocycles. The maximum Gasteiger partial charge on any atom is 0.311 e. The van der Waals surface area contributed by atoms with Gasteiger partial charge < -0.3 is 14.5 Å². The Bertz CT molecular complexity index is 280. The largest absolute Gasteiger partial charge is 0.481 e. The molecule has 0 fully saturated rings. The number of rotatable bonds is 3. The van der Waals surface area contributed by atoms with Crippen LogP contribution >= 0.6 is 0 Å². The number of aromatic nitrogens is 1. The van der Waals surface area contributed by atoms with Crippen molar-refractivity contribution in [3.05, 3.63) is 11.8 Å². The van der Waals surface area contributed by atoms with Crippen molar-refractivity contribution in [2.24, 2.45) is 0 Å². The number of hydrogen-bond acceptors (Lipinski definition) is 4. The van der Waals surface area contributed by atoms with Gasteiger partial charge in [0.15, 0.2) is 5.82 Å². The zero-order valence-electron chi connectivity index (χ0n) is 6.94. The van der Waals surface area contributed by atoms with E-state index < -0.39 is 5.97 Å². The van der Waals surface area contributed by atoms with Crippen LogP contribution in [0.3, 0.4) is 0 Å². The summed E-state index contributed by atoms with van der Waals surface area (Å²) in [5.41, 5.74) is 0. The second kappa shape index (κ2) is 3.25. The van der Waals surface area contributed by atoms with Gasteiger partial charge in [-0.1, -0.05) is 5.16 Å². The predicted molar refractivity (Wildman–Crippen MR) is 42.2 cm³/mol. The summed E-state index contributed by atoms with van der Waals surface area (Å²) >= 11 is 0. The van der Waals surface area contributed by atoms with Crippen LogP contribution in [0, 0.1) is 0 Å². The van der Waals surface area contributed by atoms with Crippen LogP contribution in [-0.2, 0) is 11.2 Å². The molecule has 0 bridgehead atoms. The van der Waals surface area contributed by atoms with Crippen LogP contribution in [0.5, 0.6) is 0 Å². The molecule has 0 radical (unpaired) electrons. The summed E-state index contributed by atoms with van der Waals surface area (Å²) in [6, 6.07) is 1.61. The Morgan fingerprint density at radius 2 is 2.42 bits per heavy atom. The summed E-state index contributed by atoms with van der Waals surface area (Å²) in [6.45, 7) is 0. The quantitative estimate of drug-likeness (QED) is 0.709. The van der Waals surface area contributed by atoms with Gasteiger partial charge in [0, 0.05) is 20.2 Å². The van der Waals surface area contributed by atoms with E-state index in [1.165, 1.54) is 0 Å². The van der Waals surface area contributed by atoms with Gasteiger partial charge in [-0.2, -0.15) is 0 Å². The summed E-state index contributed by atoms with van der Waals surface area (Å²) < 4.78 is 4.76. The molecule has 1 rings (SSSR count). The lowest BCUT2D eigenvalue weighted by Crippen LogP contribution is -2.08. The Labute approximate surface area is 69.6 Å². The summed E-state index contributed by atoms with van der Waals surface area (Å²) in [4.78, 5) is 12.0. The normalized spacial score (nSPS) is 9.83. The number of aliphatic carboxylic acids is 1. The molecule has 0 aliphatic rings. The number of carboxylic acids is 1. The molecular formula is C7H10N2O3. The Balaban J connectivity index is 2.70. The number of carbonyl (C=O) groups is 1. The molecule has 12 heavy (non-hydrogen) atoms. The van der Waals surface area contributed by atoms with Crippen LogP contribution in [-0.4, -0.2) is 30.3 Å². The number of carboxylic acid groups (broad SMARTS) is 1. The zero-order chi connectivity index (χ0) is 9.14. The first-order valence-electron chi connectivity index (χ1n) is 3.44. The van der Waals surface area contributed by atoms with E-state index in [-0.39, 0.29) is 6.42 Å². The summed E-state index contributed by atoms with van der Waals surface area (Å²) in [5.74, 6) is 0.0777. The van der Waals surface area contributed by atoms with E-state index in [1.54, 1.807) is 11.0 Å². The van der Waals surface area contributed by atoms with E-state index >= 15 is 0 Å². The van der Waals surface area contributed by atoms with Crippen LogP contribution in [0.2, 0.25) is 0 Å². The van der Waals surface area contributed by atoms with Gasteiger partial charge in [0.25, 0.3) is 0 Å². The van der Waals surface area contributed by atoms with E-state index in [0.29, 0.717) is 11.6 Å². The van der Waals surface area contributed by atoms with Crippen molar-refractivity contribution in [1.82, 2.24) is 5.16 Å². The lowest BCUT2D eigenvalue weighted by atomic mass is 10.3. The van der Waals surface area contributed by atoms with Crippen molar-refractivity contribution in [3.8, 4) is 0 Å². The second-order valence-corrected chi connectivity index (χ2v) is 2.62. The van der Waals surface area contributed by atoms with Crippen LogP contribution in [0.15, 0.2) is 10.6 Å². The van der Waals surface area contributed by atoms with Crippen LogP contribution in [0.4, 0.5) is 5.82 Å². The molecule has 0 aliphatic heterocycles. The molecule has 1 aromatic rings. The van der Waals surface area contributed by atoms with Gasteiger partial charge in [-0.25, -0.2) is 0 Å². The molecule has 0 amide bonds. The lowest BCUT2D eigenvalue weighted by Gasteiger charge is -2.03. The Hall–Kier alpha value is -1.52. The van der Waals surface area contributed by atoms with E-state index in [2.05, 4.69) is 5.16 Å². The minimum absolute atomic E-state index is 0.124. The van der Waals surface area contributed by atoms with Gasteiger partial charge in [0.1, 0.15) is 12.2 Å². The average molecular weight is 170 g/mol. The second-order valence-electron chi connectivity index (χ2n) is 2.62. The third-order valence-corrected chi connectivity index (χ3v) is 1.33. The SMILES string of the molecule is CN(C)c1cc(CC(=O)O)on1. The third kappa shape index (κ3) is 1.98. The molecule has 5 heteroatoms. The Morgan fingerprint density at radius 1 is 1.75 bits per heavy atom. The maximum atomic E-state index is 10.2. The summed E-state index contributed by atoms with van der Waals surface area (Å²) in [7, 11) is 3.62. The van der Waals surface area contributed by atoms with Crippen molar-refractivity contribution in [1.29, 1.82) is 0 Å². The zero-order valence-corrected chi connectivity index (χ0v) is 6.94. The van der Waals surface area contributed by atoms with E-state index in [0.717, 1.165) is 0 Å². The predicted octanol–water partition coefficient (Wildman–Crippen LogP) is 0.368. The van der Waals surface area contributed by atoms with Crippen molar-refractivity contribution in [2.75, 3.05) is 19.0 Å². The number of hydrogen-bond donors (Lipinski definition) is 1. The van der Waals surface area contributed by atoms with E-state index in [4.69, 9.17) is 9.63 Å². The highest BCUT2D eigenvalue weighted by Crippen LogP contribution is 2.11. The standard InChI is InChI=1S/C7H10N2O3/c1-9(2)6-3-5(12-8-6)4-7(10)11/h3H,4H2,1-2H3,(H,10,11). The molecule has 66 valence electrons. The molecule has 0 spiro atoms. The first kappa shape index (κ1) is 8.58. The van der Waals surface area contributed by atoms with Crippen LogP contribution < -0.4 is 4.90 Å². The molecule has 0 unspecified atom stereocenters. The molecule has 0 aromatic carbocycles. The number of nitrogens with zero attached hydrogens (tertiary/aromatic N) is 2. The fraction of sp³-hybridized carbons (Fsp3) is 0.429. The smallest absolute Gasteiger partial charge is 0.311 e. The summed E-state index contributed by atoms with van der Waals surface area (Å²) in [6.07, 6.45) is -0.124. The Kier molecular flexibility index (Phi) is 2.32. The average Bonchev–Trinajstić information content (AvgIpc) is 2.34. The first-order valence-corrected chi connectivity index (χ1v) is 3.44. The van der Waals surface area contributed by atoms with Gasteiger partial charge in [-0.15, -0.1) is 0 Å². The molecule has 1 aromatic heterocycles. The molecule has 5 nitrogen and oxygen atoms in total. The molecule has 0 saturated heterocycles. The minimum Gasteiger partial charge on any atom is -0.481 e. The molecule has 1 N–H and O–H groups in total. The van der Waals surface area contributed by atoms with Gasteiger partial charge in [0.05, 0.1) is 0 Å². The fourth-order valence-electron chi connectivity index (χ4n) is 0.745. The van der Waals surface area contributed by atoms with Crippen LogP contribution in [0.1, 0.15) is 5.76 Å². The molecule has 0 atom stereocenters. The lowest BCUT2D eigenvalue weighted by molar-refractivity contribution is -0.136. The minimum atomic E-state index is -0.920. The van der Waals surface area contributed by atoms with Gasteiger partial charge in [0.2, 0.25) is 0 Å². The number of anilines is 1. The Morgan fingerprint density at radius 3 is 2.83 bits per heavy atom. The van der Waals surface area contributed by atoms with E-state index in [9.17, 15) is 4.79 Å². The molecule has 0 saturated carbocycles. The highest BCUT2D eigenvalue weighted by Gasteiger charge is 2.08. The van der Waals surface area contributed by atoms with Crippen molar-refractivity contribution in [3.63, 3.8) is 0 Å². The maximum absolute atomic E-state index is 10.2. The summed E-state index contributed by atoms with van der Waals surface area (Å²) in [5, 5.41) is 12.1.